The maximum atomic E-state index is 13.1. The molecule has 7 nitrogen and oxygen atoms in total. The standard InChI is InChI=1S/C27H23NO6S/c29-20-15-21(17-7-3-1-4-8-17)33-25-19(16-28-11-13-35-14-12-28)26(24(31)23(30)22(20)25)34-27(32)18-9-5-2-6-10-18/h1-10,15,30-31H,11-14,16H2. The molecule has 1 aromatic heterocycles. The van der Waals surface area contributed by atoms with E-state index in [1.165, 1.54) is 6.07 Å². The fraction of sp³-hybridized carbons (Fsp3) is 0.185. The second kappa shape index (κ2) is 9.85. The summed E-state index contributed by atoms with van der Waals surface area (Å²) in [6.07, 6.45) is 0. The van der Waals surface area contributed by atoms with Crippen LogP contribution in [-0.4, -0.2) is 45.7 Å². The third-order valence-corrected chi connectivity index (χ3v) is 6.86. The Kier molecular flexibility index (Phi) is 6.48. The lowest BCUT2D eigenvalue weighted by molar-refractivity contribution is 0.0726. The topological polar surface area (TPSA) is 100 Å². The predicted octanol–water partition coefficient (Wildman–Crippen LogP) is 4.64. The summed E-state index contributed by atoms with van der Waals surface area (Å²) >= 11 is 1.84. The van der Waals surface area contributed by atoms with E-state index >= 15 is 0 Å². The molecule has 1 aliphatic rings. The van der Waals surface area contributed by atoms with Crippen LogP contribution < -0.4 is 10.2 Å². The Balaban J connectivity index is 1.71. The van der Waals surface area contributed by atoms with Crippen molar-refractivity contribution in [3.8, 4) is 28.6 Å². The summed E-state index contributed by atoms with van der Waals surface area (Å²) in [4.78, 5) is 28.1. The molecule has 35 heavy (non-hydrogen) atoms. The molecular weight excluding hydrogens is 466 g/mol. The molecule has 2 N–H and O–H groups in total. The second-order valence-electron chi connectivity index (χ2n) is 8.19. The van der Waals surface area contributed by atoms with Gasteiger partial charge in [0, 0.05) is 42.8 Å². The monoisotopic (exact) mass is 489 g/mol. The van der Waals surface area contributed by atoms with Crippen molar-refractivity contribution in [2.75, 3.05) is 24.6 Å². The number of thioether (sulfide) groups is 1. The molecule has 3 aromatic carbocycles. The maximum Gasteiger partial charge on any atom is 0.343 e. The molecule has 0 atom stereocenters. The van der Waals surface area contributed by atoms with E-state index in [4.69, 9.17) is 9.15 Å². The zero-order valence-corrected chi connectivity index (χ0v) is 19.6. The average molecular weight is 490 g/mol. The quantitative estimate of drug-likeness (QED) is 0.238. The van der Waals surface area contributed by atoms with Gasteiger partial charge in [0.2, 0.25) is 5.75 Å². The maximum absolute atomic E-state index is 13.1. The summed E-state index contributed by atoms with van der Waals surface area (Å²) in [6, 6.07) is 18.8. The van der Waals surface area contributed by atoms with Crippen LogP contribution >= 0.6 is 11.8 Å². The fourth-order valence-corrected chi connectivity index (χ4v) is 5.09. The van der Waals surface area contributed by atoms with Crippen LogP contribution in [0, 0.1) is 0 Å². The van der Waals surface area contributed by atoms with Crippen molar-refractivity contribution in [3.05, 3.63) is 88.1 Å². The number of hydrogen-bond donors (Lipinski definition) is 2. The molecule has 2 heterocycles. The number of phenols is 2. The lowest BCUT2D eigenvalue weighted by Crippen LogP contribution is -2.32. The molecule has 0 aliphatic carbocycles. The van der Waals surface area contributed by atoms with Crippen LogP contribution in [0.1, 0.15) is 15.9 Å². The van der Waals surface area contributed by atoms with Crippen LogP contribution in [0.15, 0.2) is 75.9 Å². The van der Waals surface area contributed by atoms with Gasteiger partial charge in [-0.05, 0) is 12.1 Å². The minimum atomic E-state index is -0.698. The van der Waals surface area contributed by atoms with Crippen LogP contribution in [0.3, 0.4) is 0 Å². The van der Waals surface area contributed by atoms with E-state index in [2.05, 4.69) is 4.90 Å². The average Bonchev–Trinajstić information content (AvgIpc) is 2.90. The largest absolute Gasteiger partial charge is 0.504 e. The number of carbonyl (C=O) groups is 1. The molecule has 0 spiro atoms. The molecule has 1 aliphatic heterocycles. The Morgan fingerprint density at radius 2 is 1.63 bits per heavy atom. The van der Waals surface area contributed by atoms with Crippen LogP contribution in [0.2, 0.25) is 0 Å². The zero-order chi connectivity index (χ0) is 24.4. The molecule has 178 valence electrons. The lowest BCUT2D eigenvalue weighted by Gasteiger charge is -2.27. The normalized spacial score (nSPS) is 14.2. The van der Waals surface area contributed by atoms with Gasteiger partial charge in [0.1, 0.15) is 11.1 Å². The Labute approximate surface area is 205 Å². The highest BCUT2D eigenvalue weighted by atomic mass is 32.2. The number of rotatable bonds is 5. The molecule has 0 amide bonds. The predicted molar refractivity (Wildman–Crippen MR) is 135 cm³/mol. The van der Waals surface area contributed by atoms with Crippen molar-refractivity contribution < 1.29 is 24.2 Å². The Morgan fingerprint density at radius 1 is 0.971 bits per heavy atom. The smallest absolute Gasteiger partial charge is 0.343 e. The number of ether oxygens (including phenoxy) is 1. The van der Waals surface area contributed by atoms with E-state index in [-0.39, 0.29) is 28.8 Å². The van der Waals surface area contributed by atoms with Gasteiger partial charge < -0.3 is 19.4 Å². The molecule has 0 bridgehead atoms. The zero-order valence-electron chi connectivity index (χ0n) is 18.8. The lowest BCUT2D eigenvalue weighted by atomic mass is 10.0. The second-order valence-corrected chi connectivity index (χ2v) is 9.42. The van der Waals surface area contributed by atoms with Gasteiger partial charge in [-0.15, -0.1) is 0 Å². The first kappa shape index (κ1) is 23.0. The first-order chi connectivity index (χ1) is 17.0. The van der Waals surface area contributed by atoms with Gasteiger partial charge in [0.25, 0.3) is 0 Å². The summed E-state index contributed by atoms with van der Waals surface area (Å²) in [5.74, 6) is -0.0816. The third-order valence-electron chi connectivity index (χ3n) is 5.92. The van der Waals surface area contributed by atoms with Gasteiger partial charge in [0.15, 0.2) is 22.5 Å². The highest BCUT2D eigenvalue weighted by Gasteiger charge is 2.28. The molecule has 1 fully saturated rings. The Hall–Kier alpha value is -3.75. The van der Waals surface area contributed by atoms with Crippen molar-refractivity contribution in [1.82, 2.24) is 4.90 Å². The summed E-state index contributed by atoms with van der Waals surface area (Å²) in [7, 11) is 0. The number of benzene rings is 3. The van der Waals surface area contributed by atoms with E-state index in [0.29, 0.717) is 16.9 Å². The van der Waals surface area contributed by atoms with E-state index in [1.54, 1.807) is 30.3 Å². The number of hydrogen-bond acceptors (Lipinski definition) is 8. The van der Waals surface area contributed by atoms with E-state index < -0.39 is 22.9 Å². The van der Waals surface area contributed by atoms with Crippen molar-refractivity contribution in [2.45, 2.75) is 6.54 Å². The van der Waals surface area contributed by atoms with Gasteiger partial charge >= 0.3 is 5.97 Å². The van der Waals surface area contributed by atoms with E-state index in [0.717, 1.165) is 24.6 Å². The first-order valence-electron chi connectivity index (χ1n) is 11.2. The third kappa shape index (κ3) is 4.62. The summed E-state index contributed by atoms with van der Waals surface area (Å²) in [5.41, 5.74) is 0.880. The number of phenolic OH excluding ortho intramolecular Hbond substituents is 2. The number of aromatic hydroxyl groups is 2. The molecule has 1 saturated heterocycles. The molecule has 0 saturated carbocycles. The molecule has 5 rings (SSSR count). The first-order valence-corrected chi connectivity index (χ1v) is 12.4. The van der Waals surface area contributed by atoms with Gasteiger partial charge in [0.05, 0.1) is 11.1 Å². The summed E-state index contributed by atoms with van der Waals surface area (Å²) < 4.78 is 11.8. The highest BCUT2D eigenvalue weighted by Crippen LogP contribution is 2.46. The van der Waals surface area contributed by atoms with Crippen LogP contribution in [-0.2, 0) is 6.54 Å². The van der Waals surface area contributed by atoms with Crippen molar-refractivity contribution in [2.24, 2.45) is 0 Å². The van der Waals surface area contributed by atoms with Gasteiger partial charge in [-0.1, -0.05) is 48.5 Å². The van der Waals surface area contributed by atoms with E-state index in [9.17, 15) is 19.8 Å². The number of nitrogens with zero attached hydrogens (tertiary/aromatic N) is 1. The van der Waals surface area contributed by atoms with Gasteiger partial charge in [-0.3, -0.25) is 9.69 Å². The number of fused-ring (bicyclic) bond motifs is 1. The molecule has 0 radical (unpaired) electrons. The molecule has 0 unspecified atom stereocenters. The fourth-order valence-electron chi connectivity index (χ4n) is 4.11. The van der Waals surface area contributed by atoms with Crippen LogP contribution in [0.5, 0.6) is 17.2 Å². The van der Waals surface area contributed by atoms with Crippen LogP contribution in [0.25, 0.3) is 22.3 Å². The number of esters is 1. The number of carbonyl (C=O) groups excluding carboxylic acids is 1. The van der Waals surface area contributed by atoms with Crippen LogP contribution in [0.4, 0.5) is 0 Å². The van der Waals surface area contributed by atoms with Crippen molar-refractivity contribution in [3.63, 3.8) is 0 Å². The Bertz CT molecular complexity index is 1430. The minimum Gasteiger partial charge on any atom is -0.504 e. The molecule has 4 aromatic rings. The van der Waals surface area contributed by atoms with Crippen molar-refractivity contribution >= 4 is 28.7 Å². The van der Waals surface area contributed by atoms with Crippen molar-refractivity contribution in [1.29, 1.82) is 0 Å². The molecular formula is C27H23NO6S. The SMILES string of the molecule is O=C(Oc1c(O)c(O)c2c(=O)cc(-c3ccccc3)oc2c1CN1CCSCC1)c1ccccc1. The molecule has 8 heteroatoms. The highest BCUT2D eigenvalue weighted by molar-refractivity contribution is 7.99. The Morgan fingerprint density at radius 3 is 2.31 bits per heavy atom. The summed E-state index contributed by atoms with van der Waals surface area (Å²) in [6.45, 7) is 1.83. The van der Waals surface area contributed by atoms with Gasteiger partial charge in [-0.25, -0.2) is 4.79 Å². The van der Waals surface area contributed by atoms with Gasteiger partial charge in [-0.2, -0.15) is 11.8 Å². The summed E-state index contributed by atoms with van der Waals surface area (Å²) in [5, 5.41) is 21.5. The minimum absolute atomic E-state index is 0.0840. The van der Waals surface area contributed by atoms with E-state index in [1.807, 2.05) is 42.1 Å².